The highest BCUT2D eigenvalue weighted by Crippen LogP contribution is 2.48. The van der Waals surface area contributed by atoms with Gasteiger partial charge in [-0.2, -0.15) is 26.3 Å². The van der Waals surface area contributed by atoms with E-state index in [0.29, 0.717) is 18.9 Å². The first-order chi connectivity index (χ1) is 25.1. The Kier molecular flexibility index (Phi) is 15.3. The third-order valence-electron chi connectivity index (χ3n) is 6.78. The minimum absolute atomic E-state index is 0.0493. The number of hydrogen-bond acceptors (Lipinski definition) is 13. The second kappa shape index (κ2) is 18.7. The summed E-state index contributed by atoms with van der Waals surface area (Å²) in [5.41, 5.74) is -2.06. The van der Waals surface area contributed by atoms with Crippen molar-refractivity contribution >= 4 is 52.0 Å². The maximum absolute atomic E-state index is 13.0. The Bertz CT molecular complexity index is 1890. The fourth-order valence-electron chi connectivity index (χ4n) is 4.60. The quantitative estimate of drug-likeness (QED) is 0.0532. The normalized spacial score (nSPS) is 11.1. The number of nitrogens with zero attached hydrogens (tertiary/aromatic N) is 4. The lowest BCUT2D eigenvalue weighted by molar-refractivity contribution is -0.392. The first kappa shape index (κ1) is 44.2. The van der Waals surface area contributed by atoms with Gasteiger partial charge in [-0.3, -0.25) is 30.3 Å². The van der Waals surface area contributed by atoms with E-state index in [9.17, 15) is 66.3 Å². The van der Waals surface area contributed by atoms with E-state index in [1.165, 1.54) is 11.8 Å². The number of halogens is 7. The molecular weight excluding hydrogens is 768 g/mol. The predicted molar refractivity (Wildman–Crippen MR) is 179 cm³/mol. The van der Waals surface area contributed by atoms with E-state index in [1.807, 2.05) is 0 Å². The van der Waals surface area contributed by atoms with Crippen LogP contribution in [0, 0.1) is 30.3 Å². The number of nitro benzene ring substituents is 3. The number of nitrogens with two attached hydrogens (primary N) is 1. The summed E-state index contributed by atoms with van der Waals surface area (Å²) in [6, 6.07) is 5.61. The number of ether oxygens (including phenoxy) is 3. The van der Waals surface area contributed by atoms with Crippen molar-refractivity contribution in [2.24, 2.45) is 0 Å². The summed E-state index contributed by atoms with van der Waals surface area (Å²) in [6.45, 7) is 4.73. The van der Waals surface area contributed by atoms with Crippen molar-refractivity contribution in [3.63, 3.8) is 0 Å². The van der Waals surface area contributed by atoms with Gasteiger partial charge in [-0.1, -0.05) is 25.4 Å². The molecule has 54 heavy (non-hydrogen) atoms. The van der Waals surface area contributed by atoms with E-state index >= 15 is 0 Å². The summed E-state index contributed by atoms with van der Waals surface area (Å²) in [4.78, 5) is 55.5. The average molecular weight is 798 g/mol. The number of alkyl halides is 6. The van der Waals surface area contributed by atoms with Crippen molar-refractivity contribution in [2.75, 3.05) is 36.9 Å². The zero-order chi connectivity index (χ0) is 41.1. The van der Waals surface area contributed by atoms with E-state index < -0.39 is 90.8 Å². The van der Waals surface area contributed by atoms with Gasteiger partial charge in [0.1, 0.15) is 22.7 Å². The maximum Gasteiger partial charge on any atom is 0.418 e. The van der Waals surface area contributed by atoms with Gasteiger partial charge in [-0.25, -0.2) is 9.59 Å². The van der Waals surface area contributed by atoms with Gasteiger partial charge in [-0.05, 0) is 44.0 Å². The van der Waals surface area contributed by atoms with Gasteiger partial charge in [0.2, 0.25) is 0 Å². The molecule has 0 radical (unpaired) electrons. The van der Waals surface area contributed by atoms with Crippen molar-refractivity contribution in [1.29, 1.82) is 0 Å². The van der Waals surface area contributed by atoms with Crippen molar-refractivity contribution in [1.82, 2.24) is 0 Å². The number of rotatable bonds is 14. The molecule has 0 spiro atoms. The molecule has 3 aromatic carbocycles. The van der Waals surface area contributed by atoms with E-state index in [1.54, 1.807) is 13.8 Å². The maximum atomic E-state index is 13.0. The van der Waals surface area contributed by atoms with E-state index in [-0.39, 0.29) is 42.3 Å². The van der Waals surface area contributed by atoms with Crippen molar-refractivity contribution < 1.29 is 64.9 Å². The molecule has 294 valence electrons. The molecule has 0 aliphatic rings. The molecule has 2 N–H and O–H groups in total. The molecule has 0 bridgehead atoms. The van der Waals surface area contributed by atoms with E-state index in [4.69, 9.17) is 26.8 Å². The van der Waals surface area contributed by atoms with Gasteiger partial charge >= 0.3 is 30.0 Å². The Hall–Kier alpha value is -5.93. The largest absolute Gasteiger partial charge is 0.463 e. The molecule has 3 rings (SSSR count). The van der Waals surface area contributed by atoms with Crippen LogP contribution in [0.15, 0.2) is 42.5 Å². The van der Waals surface area contributed by atoms with Crippen LogP contribution in [0.3, 0.4) is 0 Å². The monoisotopic (exact) mass is 797 g/mol. The average Bonchev–Trinajstić information content (AvgIpc) is 3.06. The number of benzene rings is 3. The van der Waals surface area contributed by atoms with Gasteiger partial charge in [0.15, 0.2) is 12.3 Å². The van der Waals surface area contributed by atoms with Crippen LogP contribution in [-0.2, 0) is 26.6 Å². The van der Waals surface area contributed by atoms with Crippen LogP contribution in [0.1, 0.15) is 55.1 Å². The van der Waals surface area contributed by atoms with Crippen LogP contribution in [-0.4, -0.2) is 53.0 Å². The molecule has 0 amide bonds. The zero-order valence-corrected chi connectivity index (χ0v) is 29.0. The molecule has 0 heterocycles. The zero-order valence-electron chi connectivity index (χ0n) is 28.3. The van der Waals surface area contributed by atoms with E-state index in [2.05, 4.69) is 4.74 Å². The standard InChI is InChI=1S/C18H13ClF3NO7.C13H17F3N4O4/c1-2-28-16(24)9-29-17(25)12-8-11(4-5-14(12)23(26)27)30-15-6-3-10(7-13(15)19)18(20,21)22;1-3-5-18(6-4-2)11-9(19(21)22)7-8(13(14,15)16)10(17)12(11)20(23)24/h3-8H,2,9H2,1H3;7H,3-6,17H2,1-2H3. The number of esters is 2. The number of nitrogen functional groups attached to an aromatic ring is 1. The molecule has 0 aliphatic carbocycles. The minimum atomic E-state index is -5.04. The fourth-order valence-corrected chi connectivity index (χ4v) is 4.82. The number of anilines is 2. The van der Waals surface area contributed by atoms with Crippen molar-refractivity contribution in [2.45, 2.75) is 46.0 Å². The highest BCUT2D eigenvalue weighted by Gasteiger charge is 2.43. The van der Waals surface area contributed by atoms with Crippen molar-refractivity contribution in [3.8, 4) is 11.5 Å². The highest BCUT2D eigenvalue weighted by atomic mass is 35.5. The smallest absolute Gasteiger partial charge is 0.418 e. The third-order valence-corrected chi connectivity index (χ3v) is 7.07. The Morgan fingerprint density at radius 3 is 1.87 bits per heavy atom. The highest BCUT2D eigenvalue weighted by molar-refractivity contribution is 6.32. The molecule has 23 heteroatoms. The molecule has 0 unspecified atom stereocenters. The molecule has 0 aromatic heterocycles. The number of carbonyl (C=O) groups is 2. The van der Waals surface area contributed by atoms with Gasteiger partial charge in [0, 0.05) is 31.3 Å². The third kappa shape index (κ3) is 11.5. The number of hydrogen-bond donors (Lipinski definition) is 1. The molecule has 0 saturated heterocycles. The molecule has 16 nitrogen and oxygen atoms in total. The summed E-state index contributed by atoms with van der Waals surface area (Å²) in [6.07, 6.45) is -8.66. The Morgan fingerprint density at radius 2 is 1.41 bits per heavy atom. The van der Waals surface area contributed by atoms with Crippen LogP contribution in [0.4, 0.5) is 54.8 Å². The second-order valence-electron chi connectivity index (χ2n) is 10.6. The van der Waals surface area contributed by atoms with Gasteiger partial charge < -0.3 is 24.8 Å². The molecular formula is C31H30ClF6N5O11. The van der Waals surface area contributed by atoms with Crippen molar-refractivity contribution in [3.05, 3.63) is 94.5 Å². The second-order valence-corrected chi connectivity index (χ2v) is 11.0. The lowest BCUT2D eigenvalue weighted by Gasteiger charge is -2.24. The molecule has 0 aliphatic heterocycles. The van der Waals surface area contributed by atoms with Gasteiger partial charge in [-0.15, -0.1) is 0 Å². The number of carbonyl (C=O) groups excluding carboxylic acids is 2. The van der Waals surface area contributed by atoms with Crippen LogP contribution in [0.5, 0.6) is 11.5 Å². The lowest BCUT2D eigenvalue weighted by atomic mass is 10.1. The molecule has 0 saturated carbocycles. The van der Waals surface area contributed by atoms with Gasteiger partial charge in [0.25, 0.3) is 11.4 Å². The Labute approximate surface area is 305 Å². The van der Waals surface area contributed by atoms with Crippen LogP contribution >= 0.6 is 11.6 Å². The molecule has 0 fully saturated rings. The summed E-state index contributed by atoms with van der Waals surface area (Å²) in [5.74, 6) is -2.36. The Morgan fingerprint density at radius 1 is 0.815 bits per heavy atom. The summed E-state index contributed by atoms with van der Waals surface area (Å²) in [5, 5.41) is 33.4. The number of nitro groups is 3. The van der Waals surface area contributed by atoms with Gasteiger partial charge in [0.05, 0.1) is 37.5 Å². The van der Waals surface area contributed by atoms with Crippen LogP contribution < -0.4 is 15.4 Å². The summed E-state index contributed by atoms with van der Waals surface area (Å²) >= 11 is 5.81. The Balaban J connectivity index is 0.000000383. The predicted octanol–water partition coefficient (Wildman–Crippen LogP) is 8.51. The SMILES string of the molecule is CCCN(CCC)c1c([N+](=O)[O-])cc(C(F)(F)F)c(N)c1[N+](=O)[O-].CCOC(=O)COC(=O)c1cc(Oc2ccc(C(F)(F)F)cc2Cl)ccc1[N+](=O)[O-]. The summed E-state index contributed by atoms with van der Waals surface area (Å²) in [7, 11) is 0. The van der Waals surface area contributed by atoms with Crippen LogP contribution in [0.2, 0.25) is 5.02 Å². The van der Waals surface area contributed by atoms with E-state index in [0.717, 1.165) is 30.3 Å². The first-order valence-corrected chi connectivity index (χ1v) is 15.7. The van der Waals surface area contributed by atoms with Crippen LogP contribution in [0.25, 0.3) is 0 Å². The minimum Gasteiger partial charge on any atom is -0.463 e. The molecule has 0 atom stereocenters. The fraction of sp³-hybridized carbons (Fsp3) is 0.355. The lowest BCUT2D eigenvalue weighted by Crippen LogP contribution is -2.27. The first-order valence-electron chi connectivity index (χ1n) is 15.3. The topological polar surface area (TPSA) is 221 Å². The summed E-state index contributed by atoms with van der Waals surface area (Å²) < 4.78 is 91.9. The molecule has 3 aromatic rings.